The van der Waals surface area contributed by atoms with E-state index < -0.39 is 0 Å². The summed E-state index contributed by atoms with van der Waals surface area (Å²) in [5.74, 6) is 0.582. The Balaban J connectivity index is 1.65. The van der Waals surface area contributed by atoms with Gasteiger partial charge in [0.1, 0.15) is 9.53 Å². The first-order valence-electron chi connectivity index (χ1n) is 9.63. The van der Waals surface area contributed by atoms with Crippen molar-refractivity contribution in [2.24, 2.45) is 5.92 Å². The number of anilines is 1. The van der Waals surface area contributed by atoms with Crippen molar-refractivity contribution in [2.75, 3.05) is 25.6 Å². The summed E-state index contributed by atoms with van der Waals surface area (Å²) < 4.78 is 8.40. The van der Waals surface area contributed by atoms with E-state index in [-0.39, 0.29) is 11.6 Å². The molecule has 0 amide bonds. The Morgan fingerprint density at radius 2 is 2.15 bits per heavy atom. The molecule has 1 aliphatic heterocycles. The van der Waals surface area contributed by atoms with Crippen LogP contribution in [0.25, 0.3) is 20.4 Å². The number of hydrogen-bond donors (Lipinski definition) is 0. The lowest BCUT2D eigenvalue weighted by molar-refractivity contribution is 0.0528. The molecule has 0 spiro atoms. The van der Waals surface area contributed by atoms with Crippen molar-refractivity contribution < 1.29 is 4.74 Å². The molecule has 7 heteroatoms. The predicted octanol–water partition coefficient (Wildman–Crippen LogP) is 3.51. The van der Waals surface area contributed by atoms with Gasteiger partial charge in [0.2, 0.25) is 0 Å². The molecule has 27 heavy (non-hydrogen) atoms. The van der Waals surface area contributed by atoms with Gasteiger partial charge >= 0.3 is 0 Å². The fraction of sp³-hybridized carbons (Fsp3) is 0.550. The Hall–Kier alpha value is -1.99. The van der Waals surface area contributed by atoms with Gasteiger partial charge in [-0.25, -0.2) is 9.97 Å². The van der Waals surface area contributed by atoms with Gasteiger partial charge in [0.05, 0.1) is 29.0 Å². The molecule has 0 N–H and O–H groups in total. The predicted molar refractivity (Wildman–Crippen MR) is 109 cm³/mol. The second-order valence-corrected chi connectivity index (χ2v) is 9.02. The van der Waals surface area contributed by atoms with Crippen LogP contribution in [0.3, 0.4) is 0 Å². The Morgan fingerprint density at radius 1 is 1.30 bits per heavy atom. The molecule has 3 aromatic rings. The minimum atomic E-state index is 0.0766. The van der Waals surface area contributed by atoms with Gasteiger partial charge in [-0.15, -0.1) is 11.3 Å². The van der Waals surface area contributed by atoms with Crippen LogP contribution < -0.4 is 10.5 Å². The zero-order chi connectivity index (χ0) is 18.7. The summed E-state index contributed by atoms with van der Waals surface area (Å²) in [5.41, 5.74) is 2.88. The standard InChI is InChI=1S/C20H24N4O2S/c1-11-8-14(23(2)3)16-17-18(27-19(16)22-11)20(25)24(10-21-17)13-4-5-15-12(9-13)6-7-26-15/h8,10,12-13,15H,4-7,9H2,1-3H3/t12?,13?,15-/m1/s1. The van der Waals surface area contributed by atoms with E-state index in [1.54, 1.807) is 6.33 Å². The molecule has 2 fully saturated rings. The lowest BCUT2D eigenvalue weighted by atomic mass is 9.83. The number of rotatable bonds is 2. The molecule has 0 aromatic carbocycles. The van der Waals surface area contributed by atoms with Gasteiger partial charge in [0, 0.05) is 32.4 Å². The van der Waals surface area contributed by atoms with Gasteiger partial charge in [-0.2, -0.15) is 0 Å². The van der Waals surface area contributed by atoms with Gasteiger partial charge in [-0.1, -0.05) is 0 Å². The molecular weight excluding hydrogens is 360 g/mol. The molecule has 1 saturated heterocycles. The summed E-state index contributed by atoms with van der Waals surface area (Å²) in [6.07, 6.45) is 6.31. The van der Waals surface area contributed by atoms with Crippen LogP contribution in [0.1, 0.15) is 37.4 Å². The highest BCUT2D eigenvalue weighted by molar-refractivity contribution is 7.25. The fourth-order valence-corrected chi connectivity index (χ4v) is 5.84. The number of fused-ring (bicyclic) bond motifs is 4. The normalized spacial score (nSPS) is 25.2. The highest BCUT2D eigenvalue weighted by Crippen LogP contribution is 2.40. The largest absolute Gasteiger partial charge is 0.378 e. The van der Waals surface area contributed by atoms with Gasteiger partial charge in [0.25, 0.3) is 5.56 Å². The van der Waals surface area contributed by atoms with Crippen LogP contribution >= 0.6 is 11.3 Å². The molecule has 4 heterocycles. The van der Waals surface area contributed by atoms with Crippen LogP contribution in [0.5, 0.6) is 0 Å². The summed E-state index contributed by atoms with van der Waals surface area (Å²) >= 11 is 1.47. The van der Waals surface area contributed by atoms with Crippen molar-refractivity contribution in [1.82, 2.24) is 14.5 Å². The second-order valence-electron chi connectivity index (χ2n) is 8.02. The molecule has 3 aromatic heterocycles. The quantitative estimate of drug-likeness (QED) is 0.677. The minimum Gasteiger partial charge on any atom is -0.378 e. The number of ether oxygens (including phenoxy) is 1. The average Bonchev–Trinajstić information content (AvgIpc) is 3.25. The Labute approximate surface area is 161 Å². The van der Waals surface area contributed by atoms with E-state index in [9.17, 15) is 4.79 Å². The second kappa shape index (κ2) is 6.27. The first kappa shape index (κ1) is 17.1. The number of aryl methyl sites for hydroxylation is 1. The summed E-state index contributed by atoms with van der Waals surface area (Å²) in [4.78, 5) is 25.7. The summed E-state index contributed by atoms with van der Waals surface area (Å²) in [5, 5.41) is 0.989. The van der Waals surface area contributed by atoms with E-state index in [0.29, 0.717) is 12.0 Å². The molecule has 0 bridgehead atoms. The molecule has 0 radical (unpaired) electrons. The maximum atomic E-state index is 13.3. The van der Waals surface area contributed by atoms with Crippen LogP contribution in [-0.4, -0.2) is 41.3 Å². The van der Waals surface area contributed by atoms with Crippen LogP contribution in [0.2, 0.25) is 0 Å². The monoisotopic (exact) mass is 384 g/mol. The SMILES string of the molecule is Cc1cc(N(C)C)c2c(n1)sc1c(=O)n(C3CC[C@H]4OCCC4C3)cnc12. The lowest BCUT2D eigenvalue weighted by Crippen LogP contribution is -2.32. The number of thiophene rings is 1. The van der Waals surface area contributed by atoms with Gasteiger partial charge < -0.3 is 9.64 Å². The zero-order valence-electron chi connectivity index (χ0n) is 15.9. The maximum absolute atomic E-state index is 13.3. The molecule has 6 nitrogen and oxygen atoms in total. The third-order valence-corrected chi connectivity index (χ3v) is 7.13. The Kier molecular flexibility index (Phi) is 3.98. The van der Waals surface area contributed by atoms with Gasteiger partial charge in [-0.3, -0.25) is 9.36 Å². The van der Waals surface area contributed by atoms with Crippen LogP contribution in [0.15, 0.2) is 17.2 Å². The fourth-order valence-electron chi connectivity index (χ4n) is 4.71. The Bertz CT molecular complexity index is 1090. The summed E-state index contributed by atoms with van der Waals surface area (Å²) in [6.45, 7) is 2.85. The molecule has 1 saturated carbocycles. The van der Waals surface area contributed by atoms with Gasteiger partial charge in [-0.05, 0) is 44.6 Å². The highest BCUT2D eigenvalue weighted by atomic mass is 32.1. The number of nitrogens with zero attached hydrogens (tertiary/aromatic N) is 4. The van der Waals surface area contributed by atoms with E-state index in [1.165, 1.54) is 11.3 Å². The topological polar surface area (TPSA) is 60.2 Å². The third kappa shape index (κ3) is 2.67. The molecule has 2 aliphatic rings. The van der Waals surface area contributed by atoms with E-state index in [1.807, 2.05) is 25.6 Å². The van der Waals surface area contributed by atoms with E-state index in [0.717, 1.165) is 64.1 Å². The van der Waals surface area contributed by atoms with Crippen molar-refractivity contribution >= 4 is 37.5 Å². The average molecular weight is 385 g/mol. The smallest absolute Gasteiger partial charge is 0.271 e. The number of aromatic nitrogens is 3. The summed E-state index contributed by atoms with van der Waals surface area (Å²) in [6, 6.07) is 2.29. The Morgan fingerprint density at radius 3 is 2.96 bits per heavy atom. The van der Waals surface area contributed by atoms with Crippen molar-refractivity contribution in [3.05, 3.63) is 28.4 Å². The van der Waals surface area contributed by atoms with E-state index >= 15 is 0 Å². The lowest BCUT2D eigenvalue weighted by Gasteiger charge is -2.31. The van der Waals surface area contributed by atoms with Crippen molar-refractivity contribution in [3.8, 4) is 0 Å². The van der Waals surface area contributed by atoms with Crippen LogP contribution in [-0.2, 0) is 4.74 Å². The van der Waals surface area contributed by atoms with Crippen LogP contribution in [0, 0.1) is 12.8 Å². The zero-order valence-corrected chi connectivity index (χ0v) is 16.8. The molecule has 142 valence electrons. The molecule has 1 aliphatic carbocycles. The van der Waals surface area contributed by atoms with Crippen molar-refractivity contribution in [2.45, 2.75) is 44.8 Å². The third-order valence-electron chi connectivity index (χ3n) is 6.06. The van der Waals surface area contributed by atoms with Crippen molar-refractivity contribution in [3.63, 3.8) is 0 Å². The maximum Gasteiger partial charge on any atom is 0.271 e. The molecule has 5 rings (SSSR count). The van der Waals surface area contributed by atoms with Crippen LogP contribution in [0.4, 0.5) is 5.69 Å². The summed E-state index contributed by atoms with van der Waals surface area (Å²) in [7, 11) is 4.03. The molecule has 2 unspecified atom stereocenters. The van der Waals surface area contributed by atoms with Crippen molar-refractivity contribution in [1.29, 1.82) is 0 Å². The highest BCUT2D eigenvalue weighted by Gasteiger charge is 2.36. The number of hydrogen-bond acceptors (Lipinski definition) is 6. The first-order valence-corrected chi connectivity index (χ1v) is 10.4. The molecule has 3 atom stereocenters. The first-order chi connectivity index (χ1) is 13.0. The molecular formula is C20H24N4O2S. The van der Waals surface area contributed by atoms with Gasteiger partial charge in [0.15, 0.2) is 0 Å². The minimum absolute atomic E-state index is 0.0766. The number of pyridine rings is 1. The van der Waals surface area contributed by atoms with E-state index in [2.05, 4.69) is 16.0 Å². The van der Waals surface area contributed by atoms with E-state index in [4.69, 9.17) is 9.72 Å².